The first-order chi connectivity index (χ1) is 15.5. The third kappa shape index (κ3) is 5.06. The highest BCUT2D eigenvalue weighted by molar-refractivity contribution is 9.10. The fourth-order valence-electron chi connectivity index (χ4n) is 3.53. The van der Waals surface area contributed by atoms with Crippen molar-refractivity contribution in [1.82, 2.24) is 19.8 Å². The second kappa shape index (κ2) is 9.78. The second-order valence-corrected chi connectivity index (χ2v) is 8.45. The smallest absolute Gasteiger partial charge is 0.251 e. The number of likely N-dealkylation sites (N-methyl/N-ethyl adjacent to an activating group) is 1. The molecule has 1 N–H and O–H groups in total. The number of hydrogen-bond acceptors (Lipinski definition) is 3. The van der Waals surface area contributed by atoms with Gasteiger partial charge in [0.05, 0.1) is 17.6 Å². The first-order valence-corrected chi connectivity index (χ1v) is 11.1. The lowest BCUT2D eigenvalue weighted by Gasteiger charge is -2.19. The Hall–Kier alpha value is -3.45. The predicted molar refractivity (Wildman–Crippen MR) is 128 cm³/mol. The lowest BCUT2D eigenvalue weighted by Crippen LogP contribution is -2.31. The van der Waals surface area contributed by atoms with Crippen molar-refractivity contribution in [3.63, 3.8) is 0 Å². The molecule has 0 saturated carbocycles. The third-order valence-electron chi connectivity index (χ3n) is 5.21. The highest BCUT2D eigenvalue weighted by Gasteiger charge is 2.17. The van der Waals surface area contributed by atoms with Crippen molar-refractivity contribution in [3.05, 3.63) is 100 Å². The maximum Gasteiger partial charge on any atom is 0.251 e. The van der Waals surface area contributed by atoms with Crippen LogP contribution in [0.4, 0.5) is 0 Å². The molecule has 0 spiro atoms. The summed E-state index contributed by atoms with van der Waals surface area (Å²) in [6.45, 7) is 0.892. The van der Waals surface area contributed by atoms with E-state index in [1.807, 2.05) is 71.3 Å². The van der Waals surface area contributed by atoms with Gasteiger partial charge in [0.1, 0.15) is 12.4 Å². The lowest BCUT2D eigenvalue weighted by molar-refractivity contribution is -0.131. The molecule has 7 heteroatoms. The van der Waals surface area contributed by atoms with Gasteiger partial charge in [-0.15, -0.1) is 0 Å². The van der Waals surface area contributed by atoms with Gasteiger partial charge in [-0.05, 0) is 35.9 Å². The predicted octanol–water partition coefficient (Wildman–Crippen LogP) is 4.39. The minimum absolute atomic E-state index is 0.0310. The van der Waals surface area contributed by atoms with Crippen LogP contribution in [0.2, 0.25) is 0 Å². The fraction of sp³-hybridized carbons (Fsp3) is 0.160. The van der Waals surface area contributed by atoms with Crippen molar-refractivity contribution < 1.29 is 9.59 Å². The molecule has 4 rings (SSSR count). The highest BCUT2D eigenvalue weighted by Crippen LogP contribution is 2.17. The van der Waals surface area contributed by atoms with E-state index in [0.717, 1.165) is 21.1 Å². The normalized spacial score (nSPS) is 10.8. The van der Waals surface area contributed by atoms with Gasteiger partial charge in [-0.3, -0.25) is 9.59 Å². The van der Waals surface area contributed by atoms with Crippen LogP contribution in [-0.4, -0.2) is 33.3 Å². The molecule has 1 heterocycles. The Kier molecular flexibility index (Phi) is 6.66. The molecular formula is C25H23BrN4O2. The fourth-order valence-corrected chi connectivity index (χ4v) is 3.93. The Morgan fingerprint density at radius 2 is 1.75 bits per heavy atom. The van der Waals surface area contributed by atoms with Gasteiger partial charge in [0.2, 0.25) is 5.91 Å². The summed E-state index contributed by atoms with van der Waals surface area (Å²) in [5, 5.41) is 2.92. The van der Waals surface area contributed by atoms with E-state index in [2.05, 4.69) is 26.2 Å². The standard InChI is InChI=1S/C25H23BrN4O2/c1-29(16-18-8-3-2-4-9-18)24(31)17-30-22-13-6-5-12-21(22)28-23(30)15-27-25(32)19-10-7-11-20(26)14-19/h2-14H,15-17H2,1H3,(H,27,32). The molecule has 0 saturated heterocycles. The van der Waals surface area contributed by atoms with Gasteiger partial charge in [-0.25, -0.2) is 4.98 Å². The number of para-hydroxylation sites is 2. The number of amides is 2. The molecule has 3 aromatic carbocycles. The Labute approximate surface area is 195 Å². The number of aromatic nitrogens is 2. The van der Waals surface area contributed by atoms with Crippen molar-refractivity contribution in [2.75, 3.05) is 7.05 Å². The summed E-state index contributed by atoms with van der Waals surface area (Å²) in [4.78, 5) is 31.9. The van der Waals surface area contributed by atoms with E-state index >= 15 is 0 Å². The largest absolute Gasteiger partial charge is 0.345 e. The number of nitrogens with zero attached hydrogens (tertiary/aromatic N) is 3. The molecule has 0 atom stereocenters. The van der Waals surface area contributed by atoms with Crippen LogP contribution in [-0.2, 0) is 24.4 Å². The zero-order valence-corrected chi connectivity index (χ0v) is 19.2. The van der Waals surface area contributed by atoms with E-state index in [1.54, 1.807) is 24.1 Å². The summed E-state index contributed by atoms with van der Waals surface area (Å²) in [5.74, 6) is 0.407. The van der Waals surface area contributed by atoms with Crippen LogP contribution in [0.5, 0.6) is 0 Å². The van der Waals surface area contributed by atoms with Gasteiger partial charge in [-0.1, -0.05) is 64.5 Å². The van der Waals surface area contributed by atoms with Gasteiger partial charge >= 0.3 is 0 Å². The van der Waals surface area contributed by atoms with E-state index < -0.39 is 0 Å². The van der Waals surface area contributed by atoms with Gasteiger partial charge in [0.25, 0.3) is 5.91 Å². The molecule has 0 unspecified atom stereocenters. The number of carbonyl (C=O) groups excluding carboxylic acids is 2. The van der Waals surface area contributed by atoms with Gasteiger partial charge < -0.3 is 14.8 Å². The Bertz CT molecular complexity index is 1250. The summed E-state index contributed by atoms with van der Waals surface area (Å²) >= 11 is 3.39. The van der Waals surface area contributed by atoms with E-state index in [1.165, 1.54) is 0 Å². The lowest BCUT2D eigenvalue weighted by atomic mass is 10.2. The minimum Gasteiger partial charge on any atom is -0.345 e. The van der Waals surface area contributed by atoms with E-state index in [0.29, 0.717) is 17.9 Å². The molecular weight excluding hydrogens is 468 g/mol. The molecule has 0 aliphatic heterocycles. The monoisotopic (exact) mass is 490 g/mol. The topological polar surface area (TPSA) is 67.2 Å². The summed E-state index contributed by atoms with van der Waals surface area (Å²) in [5.41, 5.74) is 3.28. The van der Waals surface area contributed by atoms with Crippen molar-refractivity contribution in [1.29, 1.82) is 0 Å². The van der Waals surface area contributed by atoms with Crippen LogP contribution >= 0.6 is 15.9 Å². The average molecular weight is 491 g/mol. The number of halogens is 1. The molecule has 0 aliphatic rings. The second-order valence-electron chi connectivity index (χ2n) is 7.53. The van der Waals surface area contributed by atoms with Gasteiger partial charge in [0.15, 0.2) is 0 Å². The first kappa shape index (κ1) is 21.8. The first-order valence-electron chi connectivity index (χ1n) is 10.3. The molecule has 0 radical (unpaired) electrons. The minimum atomic E-state index is -0.197. The quantitative estimate of drug-likeness (QED) is 0.417. The number of benzene rings is 3. The van der Waals surface area contributed by atoms with E-state index in [4.69, 9.17) is 0 Å². The van der Waals surface area contributed by atoms with Crippen LogP contribution in [0.15, 0.2) is 83.3 Å². The number of nitrogens with one attached hydrogen (secondary N) is 1. The van der Waals surface area contributed by atoms with Crippen LogP contribution in [0.25, 0.3) is 11.0 Å². The Morgan fingerprint density at radius 3 is 2.53 bits per heavy atom. The number of rotatable bonds is 7. The number of carbonyl (C=O) groups is 2. The summed E-state index contributed by atoms with van der Waals surface area (Å²) < 4.78 is 2.71. The summed E-state index contributed by atoms with van der Waals surface area (Å²) in [7, 11) is 1.79. The van der Waals surface area contributed by atoms with Crippen LogP contribution in [0.3, 0.4) is 0 Å². The molecule has 0 fully saturated rings. The van der Waals surface area contributed by atoms with E-state index in [9.17, 15) is 9.59 Å². The third-order valence-corrected chi connectivity index (χ3v) is 5.70. The maximum atomic E-state index is 13.0. The van der Waals surface area contributed by atoms with Crippen molar-refractivity contribution in [2.24, 2.45) is 0 Å². The van der Waals surface area contributed by atoms with Crippen LogP contribution in [0.1, 0.15) is 21.7 Å². The maximum absolute atomic E-state index is 13.0. The number of imidazole rings is 1. The van der Waals surface area contributed by atoms with Crippen molar-refractivity contribution in [2.45, 2.75) is 19.6 Å². The van der Waals surface area contributed by atoms with E-state index in [-0.39, 0.29) is 24.9 Å². The zero-order valence-electron chi connectivity index (χ0n) is 17.7. The molecule has 2 amide bonds. The van der Waals surface area contributed by atoms with Crippen LogP contribution < -0.4 is 5.32 Å². The van der Waals surface area contributed by atoms with Crippen molar-refractivity contribution >= 4 is 38.8 Å². The molecule has 162 valence electrons. The summed E-state index contributed by atoms with van der Waals surface area (Å²) in [6.07, 6.45) is 0. The molecule has 4 aromatic rings. The van der Waals surface area contributed by atoms with Crippen LogP contribution in [0, 0.1) is 0 Å². The molecule has 0 aliphatic carbocycles. The number of hydrogen-bond donors (Lipinski definition) is 1. The molecule has 1 aromatic heterocycles. The molecule has 0 bridgehead atoms. The molecule has 6 nitrogen and oxygen atoms in total. The average Bonchev–Trinajstić information content (AvgIpc) is 3.15. The van der Waals surface area contributed by atoms with Crippen molar-refractivity contribution in [3.8, 4) is 0 Å². The Balaban J connectivity index is 1.52. The zero-order chi connectivity index (χ0) is 22.5. The van der Waals surface area contributed by atoms with Gasteiger partial charge in [0, 0.05) is 23.6 Å². The SMILES string of the molecule is CN(Cc1ccccc1)C(=O)Cn1c(CNC(=O)c2cccc(Br)c2)nc2ccccc21. The Morgan fingerprint density at radius 1 is 1.00 bits per heavy atom. The number of fused-ring (bicyclic) bond motifs is 1. The highest BCUT2D eigenvalue weighted by atomic mass is 79.9. The van der Waals surface area contributed by atoms with Gasteiger partial charge in [-0.2, -0.15) is 0 Å². The summed E-state index contributed by atoms with van der Waals surface area (Å²) in [6, 6.07) is 24.8. The molecule has 32 heavy (non-hydrogen) atoms.